The van der Waals surface area contributed by atoms with Crippen molar-refractivity contribution in [3.05, 3.63) is 64.7 Å². The molecule has 0 spiro atoms. The molecule has 4 nitrogen and oxygen atoms in total. The summed E-state index contributed by atoms with van der Waals surface area (Å²) in [5.41, 5.74) is 1.76. The van der Waals surface area contributed by atoms with Crippen LogP contribution in [0, 0.1) is 0 Å². The van der Waals surface area contributed by atoms with Gasteiger partial charge in [-0.05, 0) is 56.0 Å². The van der Waals surface area contributed by atoms with E-state index in [4.69, 9.17) is 16.3 Å². The van der Waals surface area contributed by atoms with Crippen molar-refractivity contribution in [2.75, 3.05) is 6.54 Å². The first kappa shape index (κ1) is 19.8. The van der Waals surface area contributed by atoms with Gasteiger partial charge in [0.25, 0.3) is 0 Å². The summed E-state index contributed by atoms with van der Waals surface area (Å²) >= 11 is 6.01. The number of ether oxygens (including phenoxy) is 1. The summed E-state index contributed by atoms with van der Waals surface area (Å²) in [6.45, 7) is 4.38. The van der Waals surface area contributed by atoms with E-state index in [1.54, 1.807) is 24.3 Å². The molecule has 0 aliphatic heterocycles. The highest BCUT2D eigenvalue weighted by Crippen LogP contribution is 2.17. The lowest BCUT2D eigenvalue weighted by molar-refractivity contribution is 0.242. The van der Waals surface area contributed by atoms with Crippen molar-refractivity contribution in [3.8, 4) is 5.75 Å². The summed E-state index contributed by atoms with van der Waals surface area (Å²) in [5, 5.41) is 0.469. The van der Waals surface area contributed by atoms with E-state index in [1.165, 1.54) is 0 Å². The zero-order valence-electron chi connectivity index (χ0n) is 14.5. The minimum Gasteiger partial charge on any atom is -0.491 e. The highest BCUT2D eigenvalue weighted by Gasteiger charge is 2.12. The first-order valence-corrected chi connectivity index (χ1v) is 10.3. The van der Waals surface area contributed by atoms with Crippen LogP contribution in [0.3, 0.4) is 0 Å². The van der Waals surface area contributed by atoms with E-state index in [-0.39, 0.29) is 11.9 Å². The van der Waals surface area contributed by atoms with Crippen LogP contribution >= 0.6 is 11.6 Å². The quantitative estimate of drug-likeness (QED) is 0.663. The van der Waals surface area contributed by atoms with Crippen LogP contribution in [-0.2, 0) is 22.2 Å². The Bertz CT molecular complexity index is 774. The van der Waals surface area contributed by atoms with Gasteiger partial charge in [0.05, 0.1) is 11.9 Å². The normalized spacial score (nSPS) is 11.7. The van der Waals surface area contributed by atoms with Gasteiger partial charge in [-0.1, -0.05) is 41.9 Å². The number of sulfonamides is 1. The van der Waals surface area contributed by atoms with E-state index < -0.39 is 10.0 Å². The molecule has 0 amide bonds. The average Bonchev–Trinajstić information content (AvgIpc) is 2.55. The molecule has 0 heterocycles. The Hall–Kier alpha value is -1.56. The molecular formula is C19H24ClNO3S. The molecule has 2 rings (SSSR count). The van der Waals surface area contributed by atoms with Crippen molar-refractivity contribution in [2.45, 2.75) is 38.5 Å². The minimum absolute atomic E-state index is 0.103. The standard InChI is InChI=1S/C19H24ClNO3S/c1-15(2)24-18-11-9-16(10-12-18)6-5-13-21-25(22,23)14-17-7-3-4-8-19(17)20/h3-4,7-12,15,21H,5-6,13-14H2,1-2H3. The first-order chi connectivity index (χ1) is 11.9. The molecule has 0 atom stereocenters. The van der Waals surface area contributed by atoms with Crippen LogP contribution in [0.25, 0.3) is 0 Å². The maximum absolute atomic E-state index is 12.1. The fourth-order valence-corrected chi connectivity index (χ4v) is 3.90. The molecule has 0 radical (unpaired) electrons. The summed E-state index contributed by atoms with van der Waals surface area (Å²) in [4.78, 5) is 0. The molecule has 0 fully saturated rings. The van der Waals surface area contributed by atoms with Crippen LogP contribution in [0.15, 0.2) is 48.5 Å². The van der Waals surface area contributed by atoms with Gasteiger partial charge in [0.2, 0.25) is 10.0 Å². The van der Waals surface area contributed by atoms with Crippen LogP contribution in [0.2, 0.25) is 5.02 Å². The Morgan fingerprint density at radius 2 is 1.76 bits per heavy atom. The van der Waals surface area contributed by atoms with E-state index in [0.717, 1.165) is 24.2 Å². The lowest BCUT2D eigenvalue weighted by atomic mass is 10.1. The van der Waals surface area contributed by atoms with Gasteiger partial charge < -0.3 is 4.74 Å². The van der Waals surface area contributed by atoms with Gasteiger partial charge in [0, 0.05) is 11.6 Å². The maximum Gasteiger partial charge on any atom is 0.215 e. The molecule has 0 aliphatic rings. The lowest BCUT2D eigenvalue weighted by Crippen LogP contribution is -2.26. The van der Waals surface area contributed by atoms with Crippen LogP contribution in [0.4, 0.5) is 0 Å². The molecule has 2 aromatic carbocycles. The SMILES string of the molecule is CC(C)Oc1ccc(CCCNS(=O)(=O)Cc2ccccc2Cl)cc1. The van der Waals surface area contributed by atoms with Crippen molar-refractivity contribution >= 4 is 21.6 Å². The minimum atomic E-state index is -3.39. The number of benzene rings is 2. The Labute approximate surface area is 155 Å². The zero-order chi connectivity index (χ0) is 18.3. The van der Waals surface area contributed by atoms with E-state index in [0.29, 0.717) is 17.1 Å². The van der Waals surface area contributed by atoms with Gasteiger partial charge in [0.15, 0.2) is 0 Å². The molecule has 0 unspecified atom stereocenters. The molecule has 2 aromatic rings. The highest BCUT2D eigenvalue weighted by atomic mass is 35.5. The number of hydrogen-bond acceptors (Lipinski definition) is 3. The van der Waals surface area contributed by atoms with E-state index in [1.807, 2.05) is 38.1 Å². The third kappa shape index (κ3) is 7.06. The molecule has 6 heteroatoms. The van der Waals surface area contributed by atoms with Crippen LogP contribution < -0.4 is 9.46 Å². The summed E-state index contributed by atoms with van der Waals surface area (Å²) < 4.78 is 32.5. The Kier molecular flexibility index (Phi) is 7.29. The van der Waals surface area contributed by atoms with Gasteiger partial charge >= 0.3 is 0 Å². The van der Waals surface area contributed by atoms with Crippen molar-refractivity contribution in [2.24, 2.45) is 0 Å². The molecular weight excluding hydrogens is 358 g/mol. The molecule has 0 bridgehead atoms. The molecule has 0 aromatic heterocycles. The topological polar surface area (TPSA) is 55.4 Å². The van der Waals surface area contributed by atoms with Crippen molar-refractivity contribution in [3.63, 3.8) is 0 Å². The van der Waals surface area contributed by atoms with Crippen molar-refractivity contribution in [1.82, 2.24) is 4.72 Å². The molecule has 1 N–H and O–H groups in total. The predicted molar refractivity (Wildman–Crippen MR) is 103 cm³/mol. The van der Waals surface area contributed by atoms with E-state index >= 15 is 0 Å². The van der Waals surface area contributed by atoms with Gasteiger partial charge in [-0.15, -0.1) is 0 Å². The van der Waals surface area contributed by atoms with Gasteiger partial charge in [-0.3, -0.25) is 0 Å². The smallest absolute Gasteiger partial charge is 0.215 e. The molecule has 0 aliphatic carbocycles. The van der Waals surface area contributed by atoms with E-state index in [2.05, 4.69) is 4.72 Å². The number of halogens is 1. The summed E-state index contributed by atoms with van der Waals surface area (Å²) in [6.07, 6.45) is 1.68. The third-order valence-electron chi connectivity index (χ3n) is 3.56. The van der Waals surface area contributed by atoms with Gasteiger partial charge in [-0.2, -0.15) is 0 Å². The number of nitrogens with one attached hydrogen (secondary N) is 1. The second-order valence-corrected chi connectivity index (χ2v) is 8.37. The maximum atomic E-state index is 12.1. The second kappa shape index (κ2) is 9.22. The summed E-state index contributed by atoms with van der Waals surface area (Å²) in [6, 6.07) is 14.9. The van der Waals surface area contributed by atoms with Crippen molar-refractivity contribution < 1.29 is 13.2 Å². The Balaban J connectivity index is 1.77. The summed E-state index contributed by atoms with van der Waals surface area (Å²) in [7, 11) is -3.39. The second-order valence-electron chi connectivity index (χ2n) is 6.16. The molecule has 136 valence electrons. The molecule has 0 saturated heterocycles. The zero-order valence-corrected chi connectivity index (χ0v) is 16.1. The monoisotopic (exact) mass is 381 g/mol. The Morgan fingerprint density at radius 3 is 2.40 bits per heavy atom. The lowest BCUT2D eigenvalue weighted by Gasteiger charge is -2.10. The predicted octanol–water partition coefficient (Wildman–Crippen LogP) is 4.18. The van der Waals surface area contributed by atoms with Gasteiger partial charge in [-0.25, -0.2) is 13.1 Å². The van der Waals surface area contributed by atoms with Crippen molar-refractivity contribution in [1.29, 1.82) is 0 Å². The highest BCUT2D eigenvalue weighted by molar-refractivity contribution is 7.88. The largest absolute Gasteiger partial charge is 0.491 e. The Morgan fingerprint density at radius 1 is 1.08 bits per heavy atom. The van der Waals surface area contributed by atoms with E-state index in [9.17, 15) is 8.42 Å². The number of rotatable bonds is 9. The third-order valence-corrected chi connectivity index (χ3v) is 5.27. The van der Waals surface area contributed by atoms with Crippen LogP contribution in [0.1, 0.15) is 31.4 Å². The van der Waals surface area contributed by atoms with Gasteiger partial charge in [0.1, 0.15) is 5.75 Å². The molecule has 0 saturated carbocycles. The average molecular weight is 382 g/mol. The first-order valence-electron chi connectivity index (χ1n) is 8.32. The number of aryl methyl sites for hydroxylation is 1. The number of hydrogen-bond donors (Lipinski definition) is 1. The fraction of sp³-hybridized carbons (Fsp3) is 0.368. The summed E-state index contributed by atoms with van der Waals surface area (Å²) in [5.74, 6) is 0.743. The van der Waals surface area contributed by atoms with Crippen LogP contribution in [0.5, 0.6) is 5.75 Å². The van der Waals surface area contributed by atoms with Crippen LogP contribution in [-0.4, -0.2) is 21.1 Å². The fourth-order valence-electron chi connectivity index (χ4n) is 2.40. The molecule has 25 heavy (non-hydrogen) atoms.